The third kappa shape index (κ3) is 5.87. The van der Waals surface area contributed by atoms with Crippen molar-refractivity contribution in [2.75, 3.05) is 20.2 Å². The summed E-state index contributed by atoms with van der Waals surface area (Å²) in [6.07, 6.45) is 1.79. The highest BCUT2D eigenvalue weighted by molar-refractivity contribution is 5.98. The van der Waals surface area contributed by atoms with Gasteiger partial charge in [0.15, 0.2) is 0 Å². The molecule has 1 aliphatic rings. The second kappa shape index (κ2) is 11.5. The molecule has 8 heteroatoms. The average Bonchev–Trinajstić information content (AvgIpc) is 3.37. The fourth-order valence-electron chi connectivity index (χ4n) is 4.14. The first kappa shape index (κ1) is 25.1. The van der Waals surface area contributed by atoms with E-state index in [2.05, 4.69) is 5.32 Å². The number of amides is 3. The van der Waals surface area contributed by atoms with E-state index in [0.29, 0.717) is 36.7 Å². The quantitative estimate of drug-likeness (QED) is 0.578. The number of benzene rings is 1. The third-order valence-electron chi connectivity index (χ3n) is 6.19. The van der Waals surface area contributed by atoms with Crippen molar-refractivity contribution in [3.05, 3.63) is 65.3 Å². The standard InChI is InChI=1S/C26H33N3O5/c1-5-28(6-2)26(32)23-14-20(15-24(30)27-16-22-8-7-13-34-22)25(31)29(18(23)3)17-19-9-11-21(33-4)12-10-19/h7-13,20H,5-6,14-17H2,1-4H3,(H,27,30). The normalized spacial score (nSPS) is 15.9. The number of nitrogens with one attached hydrogen (secondary N) is 1. The van der Waals surface area contributed by atoms with E-state index in [4.69, 9.17) is 9.15 Å². The van der Waals surface area contributed by atoms with Crippen molar-refractivity contribution in [2.45, 2.75) is 46.7 Å². The van der Waals surface area contributed by atoms with Crippen LogP contribution in [-0.2, 0) is 27.5 Å². The number of hydrogen-bond acceptors (Lipinski definition) is 5. The van der Waals surface area contributed by atoms with E-state index in [9.17, 15) is 14.4 Å². The van der Waals surface area contributed by atoms with E-state index >= 15 is 0 Å². The Morgan fingerprint density at radius 1 is 1.18 bits per heavy atom. The molecule has 0 radical (unpaired) electrons. The highest BCUT2D eigenvalue weighted by Crippen LogP contribution is 2.32. The lowest BCUT2D eigenvalue weighted by molar-refractivity contribution is -0.139. The predicted octanol–water partition coefficient (Wildman–Crippen LogP) is 3.49. The van der Waals surface area contributed by atoms with Gasteiger partial charge in [-0.2, -0.15) is 0 Å². The van der Waals surface area contributed by atoms with Crippen molar-refractivity contribution in [1.82, 2.24) is 15.1 Å². The number of furan rings is 1. The van der Waals surface area contributed by atoms with Gasteiger partial charge < -0.3 is 24.3 Å². The Labute approximate surface area is 200 Å². The van der Waals surface area contributed by atoms with E-state index in [0.717, 1.165) is 11.3 Å². The van der Waals surface area contributed by atoms with Crippen LogP contribution in [0.1, 0.15) is 44.9 Å². The van der Waals surface area contributed by atoms with Gasteiger partial charge in [-0.15, -0.1) is 0 Å². The average molecular weight is 468 g/mol. The predicted molar refractivity (Wildman–Crippen MR) is 127 cm³/mol. The lowest BCUT2D eigenvalue weighted by atomic mass is 9.88. The molecule has 1 aromatic heterocycles. The van der Waals surface area contributed by atoms with Gasteiger partial charge in [-0.05, 0) is 57.0 Å². The van der Waals surface area contributed by atoms with E-state index < -0.39 is 5.92 Å². The number of rotatable bonds is 10. The Bertz CT molecular complexity index is 1020. The molecule has 0 aliphatic carbocycles. The van der Waals surface area contributed by atoms with E-state index in [-0.39, 0.29) is 37.1 Å². The van der Waals surface area contributed by atoms with Gasteiger partial charge in [-0.3, -0.25) is 14.4 Å². The van der Waals surface area contributed by atoms with E-state index in [1.165, 1.54) is 0 Å². The molecule has 2 aromatic rings. The zero-order valence-corrected chi connectivity index (χ0v) is 20.3. The first-order valence-corrected chi connectivity index (χ1v) is 11.6. The molecule has 0 spiro atoms. The molecular weight excluding hydrogens is 434 g/mol. The summed E-state index contributed by atoms with van der Waals surface area (Å²) < 4.78 is 10.5. The van der Waals surface area contributed by atoms with Crippen molar-refractivity contribution in [3.63, 3.8) is 0 Å². The van der Waals surface area contributed by atoms with Gasteiger partial charge in [0.1, 0.15) is 11.5 Å². The van der Waals surface area contributed by atoms with Crippen LogP contribution in [0, 0.1) is 5.92 Å². The molecule has 182 valence electrons. The molecule has 0 bridgehead atoms. The second-order valence-electron chi connectivity index (χ2n) is 8.28. The number of methoxy groups -OCH3 is 1. The van der Waals surface area contributed by atoms with Gasteiger partial charge in [0.25, 0.3) is 5.91 Å². The topological polar surface area (TPSA) is 92.1 Å². The van der Waals surface area contributed by atoms with Crippen molar-refractivity contribution in [2.24, 2.45) is 5.92 Å². The number of ether oxygens (including phenoxy) is 1. The summed E-state index contributed by atoms with van der Waals surface area (Å²) >= 11 is 0. The highest BCUT2D eigenvalue weighted by Gasteiger charge is 2.37. The summed E-state index contributed by atoms with van der Waals surface area (Å²) in [6.45, 7) is 7.39. The molecule has 34 heavy (non-hydrogen) atoms. The fraction of sp³-hybridized carbons (Fsp3) is 0.423. The molecular formula is C26H33N3O5. The Hall–Kier alpha value is -3.55. The minimum atomic E-state index is -0.618. The van der Waals surface area contributed by atoms with E-state index in [1.54, 1.807) is 35.3 Å². The number of nitrogens with zero attached hydrogens (tertiary/aromatic N) is 2. The zero-order chi connectivity index (χ0) is 24.7. The molecule has 8 nitrogen and oxygen atoms in total. The maximum absolute atomic E-state index is 13.5. The first-order valence-electron chi connectivity index (χ1n) is 11.6. The van der Waals surface area contributed by atoms with Crippen molar-refractivity contribution >= 4 is 17.7 Å². The number of carbonyl (C=O) groups excluding carboxylic acids is 3. The Morgan fingerprint density at radius 2 is 1.88 bits per heavy atom. The molecule has 1 unspecified atom stereocenters. The first-order chi connectivity index (χ1) is 16.4. The second-order valence-corrected chi connectivity index (χ2v) is 8.28. The summed E-state index contributed by atoms with van der Waals surface area (Å²) in [5, 5.41) is 2.80. The minimum absolute atomic E-state index is 0.000957. The molecule has 1 N–H and O–H groups in total. The smallest absolute Gasteiger partial charge is 0.251 e. The van der Waals surface area contributed by atoms with Crippen LogP contribution >= 0.6 is 0 Å². The van der Waals surface area contributed by atoms with Gasteiger partial charge in [-0.1, -0.05) is 12.1 Å². The third-order valence-corrected chi connectivity index (χ3v) is 6.19. The molecule has 1 atom stereocenters. The molecule has 3 amide bonds. The molecule has 0 fully saturated rings. The fourth-order valence-corrected chi connectivity index (χ4v) is 4.14. The van der Waals surface area contributed by atoms with Crippen LogP contribution in [0.25, 0.3) is 0 Å². The van der Waals surface area contributed by atoms with Crippen molar-refractivity contribution < 1.29 is 23.5 Å². The van der Waals surface area contributed by atoms with Gasteiger partial charge in [0, 0.05) is 30.8 Å². The molecule has 0 saturated carbocycles. The summed E-state index contributed by atoms with van der Waals surface area (Å²) in [7, 11) is 1.60. The highest BCUT2D eigenvalue weighted by atomic mass is 16.5. The number of hydrogen-bond donors (Lipinski definition) is 1. The van der Waals surface area contributed by atoms with Crippen LogP contribution in [-0.4, -0.2) is 47.7 Å². The van der Waals surface area contributed by atoms with Crippen LogP contribution in [0.2, 0.25) is 0 Å². The Balaban J connectivity index is 1.83. The summed E-state index contributed by atoms with van der Waals surface area (Å²) in [4.78, 5) is 42.7. The molecule has 0 saturated heterocycles. The van der Waals surface area contributed by atoms with E-state index in [1.807, 2.05) is 45.0 Å². The molecule has 1 aromatic carbocycles. The van der Waals surface area contributed by atoms with Gasteiger partial charge in [0.2, 0.25) is 11.8 Å². The summed E-state index contributed by atoms with van der Waals surface area (Å²) in [6, 6.07) is 11.0. The largest absolute Gasteiger partial charge is 0.497 e. The lowest BCUT2D eigenvalue weighted by Crippen LogP contribution is -2.44. The van der Waals surface area contributed by atoms with Crippen LogP contribution in [0.4, 0.5) is 0 Å². The number of carbonyl (C=O) groups is 3. The van der Waals surface area contributed by atoms with Gasteiger partial charge in [0.05, 0.1) is 32.4 Å². The van der Waals surface area contributed by atoms with Crippen LogP contribution in [0.5, 0.6) is 5.75 Å². The van der Waals surface area contributed by atoms with Gasteiger partial charge >= 0.3 is 0 Å². The zero-order valence-electron chi connectivity index (χ0n) is 20.3. The molecule has 1 aliphatic heterocycles. The maximum Gasteiger partial charge on any atom is 0.251 e. The SMILES string of the molecule is CCN(CC)C(=O)C1=C(C)N(Cc2ccc(OC)cc2)C(=O)C(CC(=O)NCc2ccco2)C1. The Morgan fingerprint density at radius 3 is 2.47 bits per heavy atom. The minimum Gasteiger partial charge on any atom is -0.497 e. The van der Waals surface area contributed by atoms with Crippen LogP contribution in [0.15, 0.2) is 58.3 Å². The Kier molecular flexibility index (Phi) is 8.51. The molecule has 3 rings (SSSR count). The van der Waals surface area contributed by atoms with Crippen LogP contribution < -0.4 is 10.1 Å². The number of allylic oxidation sites excluding steroid dienone is 1. The monoisotopic (exact) mass is 467 g/mol. The van der Waals surface area contributed by atoms with Crippen molar-refractivity contribution in [1.29, 1.82) is 0 Å². The van der Waals surface area contributed by atoms with Gasteiger partial charge in [-0.25, -0.2) is 0 Å². The lowest BCUT2D eigenvalue weighted by Gasteiger charge is -2.36. The number of likely N-dealkylation sites (N-methyl/N-ethyl adjacent to an activating group) is 1. The maximum atomic E-state index is 13.5. The van der Waals surface area contributed by atoms with Crippen molar-refractivity contribution in [3.8, 4) is 5.75 Å². The van der Waals surface area contributed by atoms with Crippen LogP contribution in [0.3, 0.4) is 0 Å². The molecule has 2 heterocycles. The summed E-state index contributed by atoms with van der Waals surface area (Å²) in [5.74, 6) is 0.247. The summed E-state index contributed by atoms with van der Waals surface area (Å²) in [5.41, 5.74) is 2.14.